The third-order valence-electron chi connectivity index (χ3n) is 5.30. The lowest BCUT2D eigenvalue weighted by molar-refractivity contribution is 0.0240. The first-order valence-corrected chi connectivity index (χ1v) is 9.90. The standard InChI is InChI=1S/C21H33N3O2/c1-17-9-11-22(12-10-17)18-5-7-19(8-6-18)23-13-15-24(16-14-23)20(25)26-21(2,3)4/h5-8,17H,9-16H2,1-4H3. The summed E-state index contributed by atoms with van der Waals surface area (Å²) in [5.41, 5.74) is 2.13. The Balaban J connectivity index is 1.52. The Kier molecular flexibility index (Phi) is 5.64. The first-order valence-electron chi connectivity index (χ1n) is 9.90. The number of nitrogens with zero attached hydrogens (tertiary/aromatic N) is 3. The molecule has 0 unspecified atom stereocenters. The number of hydrogen-bond donors (Lipinski definition) is 0. The largest absolute Gasteiger partial charge is 0.444 e. The molecule has 0 aliphatic carbocycles. The molecule has 0 bridgehead atoms. The maximum Gasteiger partial charge on any atom is 0.410 e. The molecule has 0 spiro atoms. The molecule has 2 saturated heterocycles. The molecular weight excluding hydrogens is 326 g/mol. The van der Waals surface area contributed by atoms with Gasteiger partial charge >= 0.3 is 6.09 Å². The number of ether oxygens (including phenoxy) is 1. The third-order valence-corrected chi connectivity index (χ3v) is 5.30. The van der Waals surface area contributed by atoms with Crippen molar-refractivity contribution in [1.82, 2.24) is 4.90 Å². The Morgan fingerprint density at radius 3 is 1.81 bits per heavy atom. The second-order valence-electron chi connectivity index (χ2n) is 8.64. The van der Waals surface area contributed by atoms with Crippen molar-refractivity contribution in [2.24, 2.45) is 5.92 Å². The number of anilines is 2. The van der Waals surface area contributed by atoms with Crippen LogP contribution in [0.1, 0.15) is 40.5 Å². The smallest absolute Gasteiger partial charge is 0.410 e. The van der Waals surface area contributed by atoms with Crippen molar-refractivity contribution in [3.05, 3.63) is 24.3 Å². The van der Waals surface area contributed by atoms with Crippen molar-refractivity contribution in [3.8, 4) is 0 Å². The van der Waals surface area contributed by atoms with E-state index in [1.807, 2.05) is 25.7 Å². The number of amides is 1. The van der Waals surface area contributed by atoms with E-state index in [9.17, 15) is 4.79 Å². The zero-order valence-electron chi connectivity index (χ0n) is 16.7. The normalized spacial score (nSPS) is 19.6. The third kappa shape index (κ3) is 4.83. The van der Waals surface area contributed by atoms with Gasteiger partial charge in [0, 0.05) is 50.6 Å². The number of rotatable bonds is 2. The maximum absolute atomic E-state index is 12.2. The van der Waals surface area contributed by atoms with Crippen molar-refractivity contribution in [3.63, 3.8) is 0 Å². The predicted molar refractivity (Wildman–Crippen MR) is 107 cm³/mol. The molecule has 1 amide bonds. The summed E-state index contributed by atoms with van der Waals surface area (Å²) in [5.74, 6) is 0.854. The zero-order valence-corrected chi connectivity index (χ0v) is 16.7. The van der Waals surface area contributed by atoms with Gasteiger partial charge in [0.05, 0.1) is 0 Å². The lowest BCUT2D eigenvalue weighted by Crippen LogP contribution is -2.50. The van der Waals surface area contributed by atoms with Gasteiger partial charge in [-0.05, 0) is 63.8 Å². The van der Waals surface area contributed by atoms with Gasteiger partial charge in [-0.15, -0.1) is 0 Å². The van der Waals surface area contributed by atoms with Gasteiger partial charge in [-0.2, -0.15) is 0 Å². The minimum atomic E-state index is -0.434. The molecule has 0 saturated carbocycles. The van der Waals surface area contributed by atoms with Crippen molar-refractivity contribution in [1.29, 1.82) is 0 Å². The highest BCUT2D eigenvalue weighted by molar-refractivity contribution is 5.68. The highest BCUT2D eigenvalue weighted by atomic mass is 16.6. The molecule has 144 valence electrons. The summed E-state index contributed by atoms with van der Waals surface area (Å²) >= 11 is 0. The Morgan fingerprint density at radius 1 is 0.885 bits per heavy atom. The van der Waals surface area contributed by atoms with Gasteiger partial charge in [0.1, 0.15) is 5.60 Å². The van der Waals surface area contributed by atoms with Gasteiger partial charge in [0.2, 0.25) is 0 Å². The minimum Gasteiger partial charge on any atom is -0.444 e. The molecule has 2 aliphatic heterocycles. The number of carbonyl (C=O) groups is 1. The molecule has 5 heteroatoms. The average Bonchev–Trinajstić information content (AvgIpc) is 2.61. The number of piperidine rings is 1. The molecule has 0 atom stereocenters. The lowest BCUT2D eigenvalue weighted by atomic mass is 9.99. The lowest BCUT2D eigenvalue weighted by Gasteiger charge is -2.37. The molecule has 1 aromatic carbocycles. The van der Waals surface area contributed by atoms with E-state index >= 15 is 0 Å². The minimum absolute atomic E-state index is 0.202. The number of piperazine rings is 1. The number of hydrogen-bond acceptors (Lipinski definition) is 4. The molecule has 0 N–H and O–H groups in total. The summed E-state index contributed by atoms with van der Waals surface area (Å²) < 4.78 is 5.47. The van der Waals surface area contributed by atoms with Crippen LogP contribution in [0.2, 0.25) is 0 Å². The average molecular weight is 360 g/mol. The number of benzene rings is 1. The fraction of sp³-hybridized carbons (Fsp3) is 0.667. The SMILES string of the molecule is CC1CCN(c2ccc(N3CCN(C(=O)OC(C)(C)C)CC3)cc2)CC1. The fourth-order valence-electron chi connectivity index (χ4n) is 3.61. The van der Waals surface area contributed by atoms with Crippen LogP contribution in [0.15, 0.2) is 24.3 Å². The van der Waals surface area contributed by atoms with E-state index in [4.69, 9.17) is 4.74 Å². The second kappa shape index (κ2) is 7.77. The summed E-state index contributed by atoms with van der Waals surface area (Å²) in [6, 6.07) is 8.92. The van der Waals surface area contributed by atoms with Gasteiger partial charge < -0.3 is 19.4 Å². The van der Waals surface area contributed by atoms with Crippen LogP contribution in [0, 0.1) is 5.92 Å². The Morgan fingerprint density at radius 2 is 1.35 bits per heavy atom. The highest BCUT2D eigenvalue weighted by Crippen LogP contribution is 2.26. The molecule has 0 aromatic heterocycles. The second-order valence-corrected chi connectivity index (χ2v) is 8.64. The van der Waals surface area contributed by atoms with E-state index < -0.39 is 5.60 Å². The number of carbonyl (C=O) groups excluding carboxylic acids is 1. The summed E-state index contributed by atoms with van der Waals surface area (Å²) in [4.78, 5) is 18.8. The molecule has 2 fully saturated rings. The van der Waals surface area contributed by atoms with Gasteiger partial charge in [0.25, 0.3) is 0 Å². The van der Waals surface area contributed by atoms with Gasteiger partial charge in [-0.1, -0.05) is 6.92 Å². The molecule has 26 heavy (non-hydrogen) atoms. The van der Waals surface area contributed by atoms with Crippen molar-refractivity contribution in [2.75, 3.05) is 49.1 Å². The fourth-order valence-corrected chi connectivity index (χ4v) is 3.61. The van der Waals surface area contributed by atoms with Gasteiger partial charge in [0.15, 0.2) is 0 Å². The Bertz CT molecular complexity index is 593. The van der Waals surface area contributed by atoms with E-state index in [1.165, 1.54) is 24.2 Å². The van der Waals surface area contributed by atoms with Crippen LogP contribution in [0.25, 0.3) is 0 Å². The zero-order chi connectivity index (χ0) is 18.7. The van der Waals surface area contributed by atoms with Crippen LogP contribution in [-0.4, -0.2) is 55.9 Å². The van der Waals surface area contributed by atoms with Crippen LogP contribution in [0.4, 0.5) is 16.2 Å². The molecule has 5 nitrogen and oxygen atoms in total. The van der Waals surface area contributed by atoms with E-state index in [0.717, 1.165) is 32.1 Å². The summed E-state index contributed by atoms with van der Waals surface area (Å²) in [5, 5.41) is 0. The van der Waals surface area contributed by atoms with Crippen molar-refractivity contribution in [2.45, 2.75) is 46.1 Å². The topological polar surface area (TPSA) is 36.0 Å². The summed E-state index contributed by atoms with van der Waals surface area (Å²) in [7, 11) is 0. The van der Waals surface area contributed by atoms with E-state index in [1.54, 1.807) is 0 Å². The molecule has 1 aromatic rings. The molecule has 2 aliphatic rings. The summed E-state index contributed by atoms with van der Waals surface area (Å²) in [6.45, 7) is 13.5. The molecule has 3 rings (SSSR count). The van der Waals surface area contributed by atoms with E-state index in [-0.39, 0.29) is 6.09 Å². The molecule has 2 heterocycles. The Labute approximate surface area is 157 Å². The first-order chi connectivity index (χ1) is 12.3. The van der Waals surface area contributed by atoms with Crippen LogP contribution in [-0.2, 0) is 4.74 Å². The maximum atomic E-state index is 12.2. The van der Waals surface area contributed by atoms with Crippen LogP contribution < -0.4 is 9.80 Å². The van der Waals surface area contributed by atoms with E-state index in [0.29, 0.717) is 13.1 Å². The van der Waals surface area contributed by atoms with Crippen molar-refractivity contribution >= 4 is 17.5 Å². The quantitative estimate of drug-likeness (QED) is 0.800. The van der Waals surface area contributed by atoms with Gasteiger partial charge in [-0.25, -0.2) is 4.79 Å². The van der Waals surface area contributed by atoms with Gasteiger partial charge in [-0.3, -0.25) is 0 Å². The highest BCUT2D eigenvalue weighted by Gasteiger charge is 2.26. The van der Waals surface area contributed by atoms with E-state index in [2.05, 4.69) is 41.0 Å². The van der Waals surface area contributed by atoms with Crippen LogP contribution in [0.5, 0.6) is 0 Å². The monoisotopic (exact) mass is 359 g/mol. The summed E-state index contributed by atoms with van der Waals surface area (Å²) in [6.07, 6.45) is 2.37. The van der Waals surface area contributed by atoms with Crippen molar-refractivity contribution < 1.29 is 9.53 Å². The Hall–Kier alpha value is -1.91. The first kappa shape index (κ1) is 18.9. The molecular formula is C21H33N3O2. The molecule has 0 radical (unpaired) electrons. The van der Waals surface area contributed by atoms with Crippen LogP contribution >= 0.6 is 0 Å². The predicted octanol–water partition coefficient (Wildman–Crippen LogP) is 3.98. The van der Waals surface area contributed by atoms with Crippen LogP contribution in [0.3, 0.4) is 0 Å².